The number of hydrogen-bond acceptors (Lipinski definition) is 4. The van der Waals surface area contributed by atoms with Crippen LogP contribution in [-0.4, -0.2) is 28.6 Å². The lowest BCUT2D eigenvalue weighted by Crippen LogP contribution is -2.30. The first-order valence-corrected chi connectivity index (χ1v) is 5.96. The van der Waals surface area contributed by atoms with Crippen LogP contribution in [0.25, 0.3) is 0 Å². The average molecular weight is 226 g/mol. The molecule has 1 amide bonds. The van der Waals surface area contributed by atoms with Gasteiger partial charge in [-0.1, -0.05) is 0 Å². The first-order chi connectivity index (χ1) is 7.18. The molecule has 1 aromatic heterocycles. The first-order valence-electron chi connectivity index (χ1n) is 5.08. The molecule has 5 heteroatoms. The molecule has 1 unspecified atom stereocenters. The normalized spacial score (nSPS) is 17.5. The van der Waals surface area contributed by atoms with Gasteiger partial charge in [0.15, 0.2) is 0 Å². The number of nitrogens with zero attached hydrogens (tertiary/aromatic N) is 1. The molecule has 1 fully saturated rings. The zero-order chi connectivity index (χ0) is 10.8. The van der Waals surface area contributed by atoms with E-state index >= 15 is 0 Å². The fourth-order valence-electron chi connectivity index (χ4n) is 1.39. The van der Waals surface area contributed by atoms with Crippen molar-refractivity contribution in [2.75, 3.05) is 6.54 Å². The lowest BCUT2D eigenvalue weighted by Gasteiger charge is -2.06. The van der Waals surface area contributed by atoms with E-state index in [2.05, 4.69) is 10.3 Å². The molecule has 0 aromatic carbocycles. The molecule has 0 bridgehead atoms. The Labute approximate surface area is 92.3 Å². The summed E-state index contributed by atoms with van der Waals surface area (Å²) in [5, 5.41) is 11.8. The second kappa shape index (κ2) is 4.28. The van der Waals surface area contributed by atoms with Crippen LogP contribution in [0.3, 0.4) is 0 Å². The third-order valence-corrected chi connectivity index (χ3v) is 3.16. The molecule has 0 radical (unpaired) electrons. The Morgan fingerprint density at radius 1 is 1.80 bits per heavy atom. The van der Waals surface area contributed by atoms with E-state index in [1.807, 2.05) is 0 Å². The molecule has 4 nitrogen and oxygen atoms in total. The zero-order valence-electron chi connectivity index (χ0n) is 8.56. The van der Waals surface area contributed by atoms with Crippen LogP contribution in [0.1, 0.15) is 41.0 Å². The third kappa shape index (κ3) is 2.54. The molecule has 2 N–H and O–H groups in total. The van der Waals surface area contributed by atoms with E-state index in [1.165, 1.54) is 11.3 Å². The van der Waals surface area contributed by atoms with Crippen LogP contribution < -0.4 is 5.32 Å². The number of rotatable bonds is 4. The standard InChI is InChI=1S/C10H14N2O2S/c1-6(13)4-11-10(14)9-8(7-2-3-7)12-5-15-9/h5-7,13H,2-4H2,1H3,(H,11,14). The van der Waals surface area contributed by atoms with E-state index in [0.717, 1.165) is 18.5 Å². The van der Waals surface area contributed by atoms with Crippen LogP contribution in [0.2, 0.25) is 0 Å². The fourth-order valence-corrected chi connectivity index (χ4v) is 2.18. The maximum Gasteiger partial charge on any atom is 0.263 e. The smallest absolute Gasteiger partial charge is 0.263 e. The number of aliphatic hydroxyl groups excluding tert-OH is 1. The topological polar surface area (TPSA) is 62.2 Å². The Morgan fingerprint density at radius 3 is 3.13 bits per heavy atom. The van der Waals surface area contributed by atoms with Crippen LogP contribution in [0, 0.1) is 0 Å². The quantitative estimate of drug-likeness (QED) is 0.809. The number of nitrogens with one attached hydrogen (secondary N) is 1. The number of carbonyl (C=O) groups excluding carboxylic acids is 1. The van der Waals surface area contributed by atoms with Crippen molar-refractivity contribution in [3.05, 3.63) is 16.1 Å². The number of aliphatic hydroxyl groups is 1. The molecule has 1 aromatic rings. The van der Waals surface area contributed by atoms with Gasteiger partial charge in [0.2, 0.25) is 0 Å². The minimum atomic E-state index is -0.508. The second-order valence-electron chi connectivity index (χ2n) is 3.90. The number of thiazole rings is 1. The highest BCUT2D eigenvalue weighted by molar-refractivity contribution is 7.11. The highest BCUT2D eigenvalue weighted by atomic mass is 32.1. The van der Waals surface area contributed by atoms with Crippen molar-refractivity contribution in [1.82, 2.24) is 10.3 Å². The Bertz CT molecular complexity index is 358. The van der Waals surface area contributed by atoms with Gasteiger partial charge < -0.3 is 10.4 Å². The first kappa shape index (κ1) is 10.6. The highest BCUT2D eigenvalue weighted by Gasteiger charge is 2.30. The van der Waals surface area contributed by atoms with Gasteiger partial charge in [-0.2, -0.15) is 0 Å². The van der Waals surface area contributed by atoms with Crippen LogP contribution in [0.15, 0.2) is 5.51 Å². The van der Waals surface area contributed by atoms with Crippen molar-refractivity contribution in [3.63, 3.8) is 0 Å². The Hall–Kier alpha value is -0.940. The average Bonchev–Trinajstić information content (AvgIpc) is 2.93. The highest BCUT2D eigenvalue weighted by Crippen LogP contribution is 2.41. The monoisotopic (exact) mass is 226 g/mol. The van der Waals surface area contributed by atoms with Crippen molar-refractivity contribution in [3.8, 4) is 0 Å². The fraction of sp³-hybridized carbons (Fsp3) is 0.600. The SMILES string of the molecule is CC(O)CNC(=O)c1scnc1C1CC1. The molecule has 82 valence electrons. The summed E-state index contributed by atoms with van der Waals surface area (Å²) in [4.78, 5) is 16.6. The number of amides is 1. The predicted molar refractivity (Wildman–Crippen MR) is 58.1 cm³/mol. The molecule has 15 heavy (non-hydrogen) atoms. The molecule has 1 heterocycles. The van der Waals surface area contributed by atoms with Crippen LogP contribution >= 0.6 is 11.3 Å². The van der Waals surface area contributed by atoms with Crippen molar-refractivity contribution >= 4 is 17.2 Å². The van der Waals surface area contributed by atoms with Gasteiger partial charge in [0.1, 0.15) is 4.88 Å². The summed E-state index contributed by atoms with van der Waals surface area (Å²) < 4.78 is 0. The van der Waals surface area contributed by atoms with Gasteiger partial charge in [-0.25, -0.2) is 4.98 Å². The minimum Gasteiger partial charge on any atom is -0.392 e. The third-order valence-electron chi connectivity index (χ3n) is 2.32. The Balaban J connectivity index is 2.01. The van der Waals surface area contributed by atoms with Gasteiger partial charge in [0, 0.05) is 12.5 Å². The van der Waals surface area contributed by atoms with E-state index in [-0.39, 0.29) is 5.91 Å². The molecule has 1 aliphatic carbocycles. The molecule has 2 rings (SSSR count). The Morgan fingerprint density at radius 2 is 2.53 bits per heavy atom. The number of carbonyl (C=O) groups is 1. The predicted octanol–water partition coefficient (Wildman–Crippen LogP) is 1.13. The maximum absolute atomic E-state index is 11.7. The van der Waals surface area contributed by atoms with Crippen LogP contribution in [0.5, 0.6) is 0 Å². The van der Waals surface area contributed by atoms with Gasteiger partial charge in [-0.3, -0.25) is 4.79 Å². The van der Waals surface area contributed by atoms with Crippen LogP contribution in [-0.2, 0) is 0 Å². The van der Waals surface area contributed by atoms with Crippen molar-refractivity contribution in [2.24, 2.45) is 0 Å². The van der Waals surface area contributed by atoms with Gasteiger partial charge in [0.05, 0.1) is 17.3 Å². The number of aromatic nitrogens is 1. The minimum absolute atomic E-state index is 0.111. The summed E-state index contributed by atoms with van der Waals surface area (Å²) >= 11 is 1.37. The van der Waals surface area contributed by atoms with Gasteiger partial charge in [-0.05, 0) is 19.8 Å². The molecule has 0 saturated heterocycles. The van der Waals surface area contributed by atoms with E-state index in [9.17, 15) is 4.79 Å². The summed E-state index contributed by atoms with van der Waals surface area (Å²) in [6, 6.07) is 0. The lowest BCUT2D eigenvalue weighted by molar-refractivity contribution is 0.0927. The van der Waals surface area contributed by atoms with Gasteiger partial charge in [-0.15, -0.1) is 11.3 Å². The molecular weight excluding hydrogens is 212 g/mol. The maximum atomic E-state index is 11.7. The summed E-state index contributed by atoms with van der Waals surface area (Å²) in [5.41, 5.74) is 2.65. The van der Waals surface area contributed by atoms with Crippen molar-refractivity contribution in [2.45, 2.75) is 31.8 Å². The van der Waals surface area contributed by atoms with E-state index in [0.29, 0.717) is 17.3 Å². The van der Waals surface area contributed by atoms with E-state index in [1.54, 1.807) is 12.4 Å². The molecule has 1 atom stereocenters. The van der Waals surface area contributed by atoms with Gasteiger partial charge >= 0.3 is 0 Å². The molecule has 1 aliphatic rings. The van der Waals surface area contributed by atoms with E-state index < -0.39 is 6.10 Å². The summed E-state index contributed by atoms with van der Waals surface area (Å²) in [6.07, 6.45) is 1.77. The summed E-state index contributed by atoms with van der Waals surface area (Å²) in [5.74, 6) is 0.379. The zero-order valence-corrected chi connectivity index (χ0v) is 9.38. The van der Waals surface area contributed by atoms with E-state index in [4.69, 9.17) is 5.11 Å². The van der Waals surface area contributed by atoms with Crippen LogP contribution in [0.4, 0.5) is 0 Å². The van der Waals surface area contributed by atoms with Crippen molar-refractivity contribution in [1.29, 1.82) is 0 Å². The molecular formula is C10H14N2O2S. The molecule has 1 saturated carbocycles. The second-order valence-corrected chi connectivity index (χ2v) is 4.75. The summed E-state index contributed by atoms with van der Waals surface area (Å²) in [6.45, 7) is 1.94. The lowest BCUT2D eigenvalue weighted by atomic mass is 10.2. The van der Waals surface area contributed by atoms with Gasteiger partial charge in [0.25, 0.3) is 5.91 Å². The number of hydrogen-bond donors (Lipinski definition) is 2. The molecule has 0 spiro atoms. The van der Waals surface area contributed by atoms with Crippen molar-refractivity contribution < 1.29 is 9.90 Å². The Kier molecular flexibility index (Phi) is 3.02. The molecule has 0 aliphatic heterocycles. The largest absolute Gasteiger partial charge is 0.392 e. The summed E-state index contributed by atoms with van der Waals surface area (Å²) in [7, 11) is 0.